The molecule has 7 heteroatoms. The van der Waals surface area contributed by atoms with Gasteiger partial charge in [-0.1, -0.05) is 34.6 Å². The van der Waals surface area contributed by atoms with Crippen LogP contribution in [0.3, 0.4) is 0 Å². The van der Waals surface area contributed by atoms with Crippen molar-refractivity contribution in [3.63, 3.8) is 0 Å². The zero-order chi connectivity index (χ0) is 26.6. The second-order valence-corrected chi connectivity index (χ2v) is 13.2. The number of aliphatic hydroxyl groups is 1. The molecule has 3 fully saturated rings. The highest BCUT2D eigenvalue weighted by Crippen LogP contribution is 2.30. The third kappa shape index (κ3) is 7.89. The molecule has 0 unspecified atom stereocenters. The first-order valence-electron chi connectivity index (χ1n) is 14.9. The summed E-state index contributed by atoms with van der Waals surface area (Å²) in [5.74, 6) is 3.55. The molecule has 208 valence electrons. The van der Waals surface area contributed by atoms with Crippen LogP contribution in [0.25, 0.3) is 0 Å². The van der Waals surface area contributed by atoms with E-state index >= 15 is 0 Å². The van der Waals surface area contributed by atoms with E-state index < -0.39 is 0 Å². The predicted molar refractivity (Wildman–Crippen MR) is 150 cm³/mol. The molecule has 2 N–H and O–H groups in total. The van der Waals surface area contributed by atoms with E-state index in [9.17, 15) is 9.90 Å². The number of carbonyl (C=O) groups is 1. The topological polar surface area (TPSA) is 81.6 Å². The molecule has 7 nitrogen and oxygen atoms in total. The lowest BCUT2D eigenvalue weighted by Gasteiger charge is -2.37. The minimum atomic E-state index is -0.200. The van der Waals surface area contributed by atoms with Crippen LogP contribution < -0.4 is 10.2 Å². The van der Waals surface area contributed by atoms with Crippen molar-refractivity contribution in [1.82, 2.24) is 20.2 Å². The van der Waals surface area contributed by atoms with Gasteiger partial charge in [-0.15, -0.1) is 0 Å². The molecule has 0 atom stereocenters. The summed E-state index contributed by atoms with van der Waals surface area (Å²) in [5.41, 5.74) is 1.09. The van der Waals surface area contributed by atoms with Gasteiger partial charge >= 0.3 is 0 Å². The summed E-state index contributed by atoms with van der Waals surface area (Å²) in [7, 11) is 0. The van der Waals surface area contributed by atoms with Crippen LogP contribution in [-0.2, 0) is 10.2 Å². The fourth-order valence-corrected chi connectivity index (χ4v) is 6.06. The Labute approximate surface area is 224 Å². The molecule has 3 aliphatic rings. The highest BCUT2D eigenvalue weighted by molar-refractivity contribution is 5.79. The van der Waals surface area contributed by atoms with Crippen molar-refractivity contribution in [2.75, 3.05) is 37.6 Å². The van der Waals surface area contributed by atoms with E-state index in [1.165, 1.54) is 25.8 Å². The maximum absolute atomic E-state index is 12.6. The van der Waals surface area contributed by atoms with Crippen LogP contribution in [0.1, 0.15) is 110 Å². The molecule has 2 heterocycles. The first-order valence-corrected chi connectivity index (χ1v) is 14.9. The minimum Gasteiger partial charge on any atom is -0.393 e. The van der Waals surface area contributed by atoms with Crippen LogP contribution in [0, 0.1) is 11.8 Å². The van der Waals surface area contributed by atoms with Gasteiger partial charge in [-0.25, -0.2) is 9.97 Å². The molecule has 0 aromatic carbocycles. The van der Waals surface area contributed by atoms with Gasteiger partial charge in [0.2, 0.25) is 5.91 Å². The first-order chi connectivity index (χ1) is 17.6. The van der Waals surface area contributed by atoms with E-state index in [-0.39, 0.29) is 23.3 Å². The maximum Gasteiger partial charge on any atom is 0.223 e. The van der Waals surface area contributed by atoms with Crippen molar-refractivity contribution < 1.29 is 9.90 Å². The Balaban J connectivity index is 1.18. The number of carbonyl (C=O) groups excluding carboxylic acids is 1. The molecule has 0 bridgehead atoms. The Morgan fingerprint density at radius 1 is 1.00 bits per heavy atom. The van der Waals surface area contributed by atoms with Crippen molar-refractivity contribution in [2.45, 2.75) is 116 Å². The normalized spacial score (nSPS) is 27.9. The van der Waals surface area contributed by atoms with Gasteiger partial charge in [0.15, 0.2) is 0 Å². The molecule has 4 rings (SSSR count). The van der Waals surface area contributed by atoms with Crippen LogP contribution in [0.2, 0.25) is 0 Å². The van der Waals surface area contributed by atoms with E-state index in [0.29, 0.717) is 12.0 Å². The third-order valence-electron chi connectivity index (χ3n) is 8.81. The van der Waals surface area contributed by atoms with Crippen LogP contribution in [0.15, 0.2) is 6.07 Å². The van der Waals surface area contributed by atoms with Gasteiger partial charge in [0, 0.05) is 55.3 Å². The lowest BCUT2D eigenvalue weighted by Crippen LogP contribution is -2.47. The third-order valence-corrected chi connectivity index (χ3v) is 8.81. The average molecular weight is 514 g/mol. The number of piperazine rings is 1. The SMILES string of the molecule is CC(C)c1cc(N2CCN(CC[C@H]3CC[C@@H](NC(=O)[C@H]4CC[C@@H](O)CC4)CC3)CC2)nc(C(C)(C)C)n1. The van der Waals surface area contributed by atoms with E-state index in [1.54, 1.807) is 0 Å². The molecule has 1 aliphatic heterocycles. The van der Waals surface area contributed by atoms with E-state index in [1.807, 2.05) is 0 Å². The van der Waals surface area contributed by atoms with E-state index in [2.05, 4.69) is 55.8 Å². The Hall–Kier alpha value is -1.73. The summed E-state index contributed by atoms with van der Waals surface area (Å²) < 4.78 is 0. The Bertz CT molecular complexity index is 874. The molecular weight excluding hydrogens is 462 g/mol. The zero-order valence-corrected chi connectivity index (χ0v) is 24.0. The number of hydrogen-bond donors (Lipinski definition) is 2. The average Bonchev–Trinajstić information content (AvgIpc) is 2.88. The first kappa shape index (κ1) is 28.3. The van der Waals surface area contributed by atoms with Gasteiger partial charge in [-0.3, -0.25) is 9.69 Å². The molecule has 0 radical (unpaired) electrons. The lowest BCUT2D eigenvalue weighted by atomic mass is 9.83. The lowest BCUT2D eigenvalue weighted by molar-refractivity contribution is -0.127. The summed E-state index contributed by atoms with van der Waals surface area (Å²) in [6.07, 6.45) is 8.96. The van der Waals surface area contributed by atoms with Gasteiger partial charge < -0.3 is 15.3 Å². The molecule has 0 spiro atoms. The molecular formula is C30H51N5O2. The molecule has 1 aromatic heterocycles. The van der Waals surface area contributed by atoms with Gasteiger partial charge in [0.1, 0.15) is 11.6 Å². The number of rotatable bonds is 7. The fraction of sp³-hybridized carbons (Fsp3) is 0.833. The van der Waals surface area contributed by atoms with Crippen LogP contribution in [0.4, 0.5) is 5.82 Å². The summed E-state index contributed by atoms with van der Waals surface area (Å²) >= 11 is 0. The number of amides is 1. The van der Waals surface area contributed by atoms with Gasteiger partial charge in [0.05, 0.1) is 6.10 Å². The molecule has 1 saturated heterocycles. The van der Waals surface area contributed by atoms with Crippen molar-refractivity contribution in [2.24, 2.45) is 11.8 Å². The molecule has 2 saturated carbocycles. The monoisotopic (exact) mass is 513 g/mol. The van der Waals surface area contributed by atoms with Crippen molar-refractivity contribution >= 4 is 11.7 Å². The molecule has 2 aliphatic carbocycles. The van der Waals surface area contributed by atoms with Gasteiger partial charge in [-0.05, 0) is 76.2 Å². The van der Waals surface area contributed by atoms with Crippen molar-refractivity contribution in [1.29, 1.82) is 0 Å². The highest BCUT2D eigenvalue weighted by Gasteiger charge is 2.29. The number of anilines is 1. The predicted octanol–water partition coefficient (Wildman–Crippen LogP) is 4.64. The number of nitrogens with one attached hydrogen (secondary N) is 1. The smallest absolute Gasteiger partial charge is 0.223 e. The van der Waals surface area contributed by atoms with Crippen LogP contribution >= 0.6 is 0 Å². The molecule has 37 heavy (non-hydrogen) atoms. The zero-order valence-electron chi connectivity index (χ0n) is 24.0. The van der Waals surface area contributed by atoms with Crippen molar-refractivity contribution in [3.05, 3.63) is 17.6 Å². The summed E-state index contributed by atoms with van der Waals surface area (Å²) in [6.45, 7) is 16.4. The largest absolute Gasteiger partial charge is 0.393 e. The fourth-order valence-electron chi connectivity index (χ4n) is 6.06. The Kier molecular flexibility index (Phi) is 9.49. The quantitative estimate of drug-likeness (QED) is 0.553. The maximum atomic E-state index is 12.6. The van der Waals surface area contributed by atoms with Crippen LogP contribution in [0.5, 0.6) is 0 Å². The van der Waals surface area contributed by atoms with Gasteiger partial charge in [-0.2, -0.15) is 0 Å². The Morgan fingerprint density at radius 3 is 2.24 bits per heavy atom. The number of aromatic nitrogens is 2. The standard InChI is InChI=1S/C30H51N5O2/c1-21(2)26-20-27(33-29(32-26)30(3,4)5)35-18-16-34(17-19-35)15-14-22-6-10-24(11-7-22)31-28(37)23-8-12-25(36)13-9-23/h20-25,36H,6-19H2,1-5H3,(H,31,37)/t22-,23-,24+,25+. The summed E-state index contributed by atoms with van der Waals surface area (Å²) in [5, 5.41) is 13.0. The van der Waals surface area contributed by atoms with Crippen molar-refractivity contribution in [3.8, 4) is 0 Å². The Morgan fingerprint density at radius 2 is 1.65 bits per heavy atom. The second-order valence-electron chi connectivity index (χ2n) is 13.2. The summed E-state index contributed by atoms with van der Waals surface area (Å²) in [6, 6.07) is 2.55. The number of aliphatic hydroxyl groups excluding tert-OH is 1. The number of nitrogens with zero attached hydrogens (tertiary/aromatic N) is 4. The summed E-state index contributed by atoms with van der Waals surface area (Å²) in [4.78, 5) is 27.5. The second kappa shape index (κ2) is 12.4. The highest BCUT2D eigenvalue weighted by atomic mass is 16.3. The minimum absolute atomic E-state index is 0.0529. The molecule has 1 amide bonds. The number of hydrogen-bond acceptors (Lipinski definition) is 6. The van der Waals surface area contributed by atoms with Crippen LogP contribution in [-0.4, -0.2) is 70.8 Å². The van der Waals surface area contributed by atoms with E-state index in [0.717, 1.165) is 88.0 Å². The van der Waals surface area contributed by atoms with Gasteiger partial charge in [0.25, 0.3) is 0 Å². The molecule has 1 aromatic rings. The van der Waals surface area contributed by atoms with E-state index in [4.69, 9.17) is 9.97 Å².